The van der Waals surface area contributed by atoms with E-state index in [1.54, 1.807) is 0 Å². The molecule has 0 radical (unpaired) electrons. The van der Waals surface area contributed by atoms with Gasteiger partial charge in [0.15, 0.2) is 0 Å². The number of piperidine rings is 2. The van der Waals surface area contributed by atoms with E-state index < -0.39 is 24.3 Å². The lowest BCUT2D eigenvalue weighted by Crippen LogP contribution is -2.54. The minimum Gasteiger partial charge on any atom is -0.453 e. The predicted molar refractivity (Wildman–Crippen MR) is 269 cm³/mol. The van der Waals surface area contributed by atoms with Crippen LogP contribution in [0.3, 0.4) is 0 Å². The number of allylic oxidation sites excluding steroid dienone is 5. The Morgan fingerprint density at radius 2 is 1.23 bits per heavy atom. The molecule has 8 atom stereocenters. The minimum atomic E-state index is -0.686. The maximum atomic E-state index is 14.2. The molecule has 4 heterocycles. The lowest BCUT2D eigenvalue weighted by Gasteiger charge is -2.37. The van der Waals surface area contributed by atoms with E-state index in [1.807, 2.05) is 49.9 Å². The number of nitrogens with one attached hydrogen (secondary N) is 4. The Balaban J connectivity index is 0.875. The third-order valence-corrected chi connectivity index (χ3v) is 16.3. The summed E-state index contributed by atoms with van der Waals surface area (Å²) < 4.78 is 9.76. The number of likely N-dealkylation sites (tertiary alicyclic amines) is 2. The number of ether oxygens (including phenoxy) is 2. The number of amides is 4. The number of H-pyrrole nitrogens is 2. The van der Waals surface area contributed by atoms with Crippen LogP contribution in [0.2, 0.25) is 0 Å². The molecule has 13 rings (SSSR count). The van der Waals surface area contributed by atoms with Gasteiger partial charge < -0.3 is 39.9 Å². The van der Waals surface area contributed by atoms with Crippen LogP contribution in [0.15, 0.2) is 78.2 Å². The number of carbonyl (C=O) groups excluding carboxylic acids is 4. The zero-order valence-corrected chi connectivity index (χ0v) is 41.4. The fourth-order valence-corrected chi connectivity index (χ4v) is 12.6. The number of fused-ring (bicyclic) bond motifs is 4. The van der Waals surface area contributed by atoms with E-state index in [2.05, 4.69) is 81.3 Å². The molecule has 2 saturated heterocycles. The van der Waals surface area contributed by atoms with Crippen molar-refractivity contribution in [3.05, 3.63) is 106 Å². The summed E-state index contributed by atoms with van der Waals surface area (Å²) in [6.45, 7) is 7.79. The van der Waals surface area contributed by atoms with Crippen molar-refractivity contribution in [3.8, 4) is 22.5 Å². The van der Waals surface area contributed by atoms with Crippen LogP contribution in [0.4, 0.5) is 9.59 Å². The molecule has 14 heteroatoms. The first-order valence-corrected chi connectivity index (χ1v) is 25.6. The van der Waals surface area contributed by atoms with Crippen LogP contribution in [0.25, 0.3) is 34.2 Å². The van der Waals surface area contributed by atoms with Gasteiger partial charge in [-0.2, -0.15) is 0 Å². The van der Waals surface area contributed by atoms with Gasteiger partial charge in [0.1, 0.15) is 23.7 Å². The maximum absolute atomic E-state index is 14.2. The standard InChI is InChI=1S/C56H68N8O6/c1-31(2)47(61-55(67)69-5)53(65)63-41-23-21-39(27-41)49(63)51-57-29-45(59-51)38-19-17-37(18-20-38)43-25-33-9-7-8-10-35-14-12-34(13-16-36(43)15-11-33)26-44(35)46-30-58-52(60-46)50-40-22-24-42(28-40)64(50)54(66)48(32(3)4)62-56(68)70-6/h8,10,12,14,17-20,25-26,29-32,39-42,47-50H,7,9,11,13,15-16,21-24,27-28H2,1-6H3,(H,57,59)(H,58,60)(H,61,67)(H,62,68)/t39?,40?,41?,42?,47?,48?,49-,50-/m0/s1. The lowest BCUT2D eigenvalue weighted by atomic mass is 9.83. The Morgan fingerprint density at radius 1 is 0.671 bits per heavy atom. The first kappa shape index (κ1) is 47.2. The molecule has 9 aliphatic rings. The summed E-state index contributed by atoms with van der Waals surface area (Å²) in [4.78, 5) is 74.0. The normalized spacial score (nSPS) is 24.6. The molecule has 368 valence electrons. The summed E-state index contributed by atoms with van der Waals surface area (Å²) in [6, 6.07) is 14.2. The van der Waals surface area contributed by atoms with Crippen LogP contribution in [0.1, 0.15) is 139 Å². The zero-order chi connectivity index (χ0) is 48.8. The Bertz CT molecular complexity index is 2730. The van der Waals surface area contributed by atoms with E-state index in [0.29, 0.717) is 11.8 Å². The summed E-state index contributed by atoms with van der Waals surface area (Å²) >= 11 is 0. The molecular formula is C56H68N8O6. The van der Waals surface area contributed by atoms with E-state index in [0.717, 1.165) is 117 Å². The van der Waals surface area contributed by atoms with E-state index in [4.69, 9.17) is 19.4 Å². The van der Waals surface area contributed by atoms with E-state index in [1.165, 1.54) is 42.1 Å². The van der Waals surface area contributed by atoms with Gasteiger partial charge >= 0.3 is 12.2 Å². The van der Waals surface area contributed by atoms with Gasteiger partial charge in [-0.05, 0) is 135 Å². The monoisotopic (exact) mass is 949 g/mol. The molecular weight excluding hydrogens is 881 g/mol. The van der Waals surface area contributed by atoms with Crippen LogP contribution in [0, 0.1) is 23.7 Å². The highest BCUT2D eigenvalue weighted by molar-refractivity contribution is 5.88. The number of methoxy groups -OCH3 is 2. The van der Waals surface area contributed by atoms with Crippen molar-refractivity contribution in [2.45, 2.75) is 141 Å². The molecule has 14 nitrogen and oxygen atoms in total. The number of aryl methyl sites for hydroxylation is 1. The van der Waals surface area contributed by atoms with Gasteiger partial charge in [0.25, 0.3) is 0 Å². The number of imidazole rings is 2. The average Bonchev–Trinajstić information content (AvgIpc) is 4.25. The van der Waals surface area contributed by atoms with Crippen molar-refractivity contribution in [1.82, 2.24) is 40.4 Å². The molecule has 7 aliphatic carbocycles. The highest BCUT2D eigenvalue weighted by Crippen LogP contribution is 2.52. The van der Waals surface area contributed by atoms with E-state index in [-0.39, 0.29) is 47.8 Å². The Morgan fingerprint density at radius 3 is 1.81 bits per heavy atom. The van der Waals surface area contributed by atoms with Crippen molar-refractivity contribution in [2.24, 2.45) is 23.7 Å². The zero-order valence-electron chi connectivity index (χ0n) is 41.4. The number of aromatic nitrogens is 4. The van der Waals surface area contributed by atoms with Crippen LogP contribution in [0.5, 0.6) is 0 Å². The van der Waals surface area contributed by atoms with E-state index in [9.17, 15) is 19.2 Å². The van der Waals surface area contributed by atoms with Crippen molar-refractivity contribution < 1.29 is 28.7 Å². The smallest absolute Gasteiger partial charge is 0.407 e. The molecule has 6 unspecified atom stereocenters. The number of hydrogen-bond acceptors (Lipinski definition) is 8. The molecule has 2 aromatic heterocycles. The summed E-state index contributed by atoms with van der Waals surface area (Å²) in [6.07, 6.45) is 21.3. The van der Waals surface area contributed by atoms with Gasteiger partial charge in [-0.1, -0.05) is 93.5 Å². The molecule has 2 aromatic carbocycles. The van der Waals surface area contributed by atoms with Gasteiger partial charge in [-0.3, -0.25) is 9.59 Å². The average molecular weight is 949 g/mol. The summed E-state index contributed by atoms with van der Waals surface area (Å²) in [5.41, 5.74) is 11.8. The fraction of sp³-hybridized carbons (Fsp3) is 0.500. The Hall–Kier alpha value is -6.44. The molecule has 70 heavy (non-hydrogen) atoms. The Kier molecular flexibility index (Phi) is 13.3. The molecule has 8 bridgehead atoms. The second kappa shape index (κ2) is 19.8. The van der Waals surface area contributed by atoms with Gasteiger partial charge in [0.05, 0.1) is 50.1 Å². The minimum absolute atomic E-state index is 0.0783. The number of hydrogen-bond donors (Lipinski definition) is 4. The van der Waals surface area contributed by atoms with Gasteiger partial charge in [0.2, 0.25) is 11.8 Å². The lowest BCUT2D eigenvalue weighted by molar-refractivity contribution is -0.140. The summed E-state index contributed by atoms with van der Waals surface area (Å²) in [7, 11) is 2.64. The molecule has 2 aliphatic heterocycles. The van der Waals surface area contributed by atoms with E-state index >= 15 is 0 Å². The quantitative estimate of drug-likeness (QED) is 0.115. The number of alkyl carbamates (subject to hydrolysis) is 2. The number of nitrogens with zero attached hydrogens (tertiary/aromatic N) is 4. The van der Waals surface area contributed by atoms with Crippen LogP contribution in [-0.2, 0) is 25.5 Å². The number of benzene rings is 2. The third-order valence-electron chi connectivity index (χ3n) is 16.3. The maximum Gasteiger partial charge on any atom is 0.407 e. The highest BCUT2D eigenvalue weighted by atomic mass is 16.5. The van der Waals surface area contributed by atoms with Crippen LogP contribution < -0.4 is 10.6 Å². The number of rotatable bonds is 11. The second-order valence-corrected chi connectivity index (χ2v) is 21.2. The van der Waals surface area contributed by atoms with Gasteiger partial charge in [-0.25, -0.2) is 19.6 Å². The first-order valence-electron chi connectivity index (χ1n) is 25.6. The summed E-state index contributed by atoms with van der Waals surface area (Å²) in [5.74, 6) is 1.85. The van der Waals surface area contributed by atoms with Gasteiger partial charge in [-0.15, -0.1) is 0 Å². The molecule has 4 aromatic rings. The topological polar surface area (TPSA) is 175 Å². The first-order chi connectivity index (χ1) is 33.9. The van der Waals surface area contributed by atoms with Crippen molar-refractivity contribution >= 4 is 35.6 Å². The number of carbonyl (C=O) groups is 4. The van der Waals surface area contributed by atoms with Crippen molar-refractivity contribution in [2.75, 3.05) is 14.2 Å². The molecule has 0 spiro atoms. The largest absolute Gasteiger partial charge is 0.453 e. The number of aromatic amines is 2. The molecule has 4 amide bonds. The van der Waals surface area contributed by atoms with Crippen molar-refractivity contribution in [3.63, 3.8) is 0 Å². The second-order valence-electron chi connectivity index (χ2n) is 21.2. The molecule has 2 saturated carbocycles. The van der Waals surface area contributed by atoms with Gasteiger partial charge in [0, 0.05) is 17.6 Å². The third kappa shape index (κ3) is 9.09. The van der Waals surface area contributed by atoms with Crippen molar-refractivity contribution in [1.29, 1.82) is 0 Å². The Labute approximate surface area is 411 Å². The van der Waals surface area contributed by atoms with Crippen LogP contribution in [-0.4, -0.2) is 92.1 Å². The highest BCUT2D eigenvalue weighted by Gasteiger charge is 2.53. The predicted octanol–water partition coefficient (Wildman–Crippen LogP) is 10.2. The van der Waals surface area contributed by atoms with Crippen LogP contribution >= 0.6 is 0 Å². The molecule has 4 fully saturated rings. The fourth-order valence-electron chi connectivity index (χ4n) is 12.6. The molecule has 4 N–H and O–H groups in total. The summed E-state index contributed by atoms with van der Waals surface area (Å²) in [5, 5.41) is 5.59. The SMILES string of the molecule is COC(=O)NC(C(=O)N1C2CCC(C2)[C@H]1c1ncc(-c2ccc(C3=C4CCC(=C3)CCC=Cc3ccc(cc3-c3cnc([C@@H]5C6CCC(C6)N5C(=O)C(NC(=O)OC)C(C)C)[nH]3)CC4)cc2)[nH]1)C(C)C.